The molecule has 0 heterocycles. The molecule has 0 N–H and O–H groups in total. The van der Waals surface area contributed by atoms with Crippen LogP contribution >= 0.6 is 0 Å². The summed E-state index contributed by atoms with van der Waals surface area (Å²) in [5, 5.41) is 8.48. The maximum Gasteiger partial charge on any atom is 0.417 e. The van der Waals surface area contributed by atoms with Gasteiger partial charge in [-0.05, 0) is 6.07 Å². The zero-order chi connectivity index (χ0) is 10.8. The Kier molecular flexibility index (Phi) is 2.56. The molecule has 14 heavy (non-hydrogen) atoms. The number of hydrogen-bond acceptors (Lipinski definition) is 2. The monoisotopic (exact) mass is 199 g/mol. The molecule has 2 nitrogen and oxygen atoms in total. The molecular formula is C9H4F3NO. The van der Waals surface area contributed by atoms with Crippen LogP contribution < -0.4 is 0 Å². The van der Waals surface area contributed by atoms with Gasteiger partial charge < -0.3 is 0 Å². The zero-order valence-corrected chi connectivity index (χ0v) is 6.80. The van der Waals surface area contributed by atoms with Crippen molar-refractivity contribution in [1.82, 2.24) is 0 Å². The van der Waals surface area contributed by atoms with Crippen LogP contribution in [-0.2, 0) is 6.18 Å². The molecule has 0 aliphatic heterocycles. The first-order valence-electron chi connectivity index (χ1n) is 3.56. The van der Waals surface area contributed by atoms with Gasteiger partial charge in [-0.25, -0.2) is 0 Å². The molecule has 0 bridgehead atoms. The third-order valence-corrected chi connectivity index (χ3v) is 1.64. The number of halogens is 3. The van der Waals surface area contributed by atoms with Gasteiger partial charge in [-0.15, -0.1) is 0 Å². The molecule has 1 rings (SSSR count). The number of rotatable bonds is 1. The molecule has 0 radical (unpaired) electrons. The van der Waals surface area contributed by atoms with E-state index in [2.05, 4.69) is 0 Å². The van der Waals surface area contributed by atoms with Crippen LogP contribution in [0.4, 0.5) is 13.2 Å². The van der Waals surface area contributed by atoms with Gasteiger partial charge in [0.05, 0.1) is 11.1 Å². The van der Waals surface area contributed by atoms with E-state index < -0.39 is 17.3 Å². The molecule has 0 spiro atoms. The molecule has 72 valence electrons. The van der Waals surface area contributed by atoms with Gasteiger partial charge >= 0.3 is 6.18 Å². The Labute approximate surface area is 77.6 Å². The summed E-state index contributed by atoms with van der Waals surface area (Å²) in [6.07, 6.45) is -4.38. The average molecular weight is 199 g/mol. The van der Waals surface area contributed by atoms with E-state index in [0.717, 1.165) is 12.1 Å². The summed E-state index contributed by atoms with van der Waals surface area (Å²) in [6.45, 7) is 0. The molecule has 5 heteroatoms. The van der Waals surface area contributed by atoms with Gasteiger partial charge in [-0.2, -0.15) is 18.4 Å². The van der Waals surface area contributed by atoms with E-state index in [1.807, 2.05) is 0 Å². The molecule has 1 aromatic carbocycles. The van der Waals surface area contributed by atoms with E-state index >= 15 is 0 Å². The van der Waals surface area contributed by atoms with E-state index in [1.165, 1.54) is 12.1 Å². The van der Waals surface area contributed by atoms with Crippen molar-refractivity contribution in [2.24, 2.45) is 0 Å². The van der Waals surface area contributed by atoms with Crippen LogP contribution in [0.25, 0.3) is 0 Å². The summed E-state index contributed by atoms with van der Waals surface area (Å²) in [4.78, 5) is 10.3. The smallest absolute Gasteiger partial charge is 0.298 e. The number of alkyl halides is 3. The van der Waals surface area contributed by atoms with Crippen molar-refractivity contribution >= 4 is 6.29 Å². The Balaban J connectivity index is 3.47. The molecule has 0 aliphatic rings. The van der Waals surface area contributed by atoms with Gasteiger partial charge in [0, 0.05) is 5.56 Å². The van der Waals surface area contributed by atoms with Crippen LogP contribution in [0.1, 0.15) is 21.5 Å². The van der Waals surface area contributed by atoms with Gasteiger partial charge in [-0.1, -0.05) is 12.1 Å². The number of carbonyl (C=O) groups is 1. The fourth-order valence-corrected chi connectivity index (χ4v) is 1.03. The van der Waals surface area contributed by atoms with Crippen molar-refractivity contribution in [2.45, 2.75) is 6.18 Å². The summed E-state index contributed by atoms with van der Waals surface area (Å²) in [5.74, 6) is 0. The van der Waals surface area contributed by atoms with Crippen LogP contribution in [0.3, 0.4) is 0 Å². The SMILES string of the molecule is N#Cc1c(C=O)cccc1C(F)(F)F. The maximum atomic E-state index is 12.3. The number of nitriles is 1. The minimum absolute atomic E-state index is 0.230. The molecule has 0 unspecified atom stereocenters. The molecule has 0 aliphatic carbocycles. The molecule has 1 aromatic rings. The minimum atomic E-state index is -4.61. The lowest BCUT2D eigenvalue weighted by Gasteiger charge is -2.08. The molecular weight excluding hydrogens is 195 g/mol. The summed E-state index contributed by atoms with van der Waals surface area (Å²) >= 11 is 0. The summed E-state index contributed by atoms with van der Waals surface area (Å²) in [6, 6.07) is 4.40. The largest absolute Gasteiger partial charge is 0.417 e. The first-order chi connectivity index (χ1) is 6.50. The normalized spacial score (nSPS) is 10.7. The van der Waals surface area contributed by atoms with E-state index in [4.69, 9.17) is 5.26 Å². The first-order valence-corrected chi connectivity index (χ1v) is 3.56. The standard InChI is InChI=1S/C9H4F3NO/c10-9(11,12)8-3-1-2-6(5-14)7(8)4-13/h1-3,5H. The third kappa shape index (κ3) is 1.74. The van der Waals surface area contributed by atoms with Crippen LogP contribution in [0.5, 0.6) is 0 Å². The van der Waals surface area contributed by atoms with Crippen molar-refractivity contribution in [3.05, 3.63) is 34.9 Å². The number of hydrogen-bond donors (Lipinski definition) is 0. The van der Waals surface area contributed by atoms with Crippen LogP contribution in [0, 0.1) is 11.3 Å². The number of carbonyl (C=O) groups excluding carboxylic acids is 1. The minimum Gasteiger partial charge on any atom is -0.298 e. The second-order valence-electron chi connectivity index (χ2n) is 2.50. The predicted molar refractivity (Wildman–Crippen MR) is 41.5 cm³/mol. The first kappa shape index (κ1) is 10.3. The molecule has 0 fully saturated rings. The van der Waals surface area contributed by atoms with Crippen molar-refractivity contribution in [2.75, 3.05) is 0 Å². The predicted octanol–water partition coefficient (Wildman–Crippen LogP) is 2.39. The van der Waals surface area contributed by atoms with E-state index in [9.17, 15) is 18.0 Å². The lowest BCUT2D eigenvalue weighted by molar-refractivity contribution is -0.137. The Morgan fingerprint density at radius 3 is 2.43 bits per heavy atom. The maximum absolute atomic E-state index is 12.3. The second-order valence-corrected chi connectivity index (χ2v) is 2.50. The van der Waals surface area contributed by atoms with E-state index in [1.54, 1.807) is 0 Å². The summed E-state index contributed by atoms with van der Waals surface area (Å²) in [5.41, 5.74) is -1.96. The van der Waals surface area contributed by atoms with E-state index in [-0.39, 0.29) is 11.8 Å². The quantitative estimate of drug-likeness (QED) is 0.651. The molecule has 0 aromatic heterocycles. The van der Waals surface area contributed by atoms with Crippen molar-refractivity contribution in [3.8, 4) is 6.07 Å². The number of nitrogens with zero attached hydrogens (tertiary/aromatic N) is 1. The fourth-order valence-electron chi connectivity index (χ4n) is 1.03. The highest BCUT2D eigenvalue weighted by atomic mass is 19.4. The lowest BCUT2D eigenvalue weighted by Crippen LogP contribution is -2.09. The Hall–Kier alpha value is -1.83. The fraction of sp³-hybridized carbons (Fsp3) is 0.111. The van der Waals surface area contributed by atoms with E-state index in [0.29, 0.717) is 0 Å². The van der Waals surface area contributed by atoms with Crippen molar-refractivity contribution < 1.29 is 18.0 Å². The van der Waals surface area contributed by atoms with Crippen LogP contribution in [0.15, 0.2) is 18.2 Å². The molecule has 0 saturated carbocycles. The lowest BCUT2D eigenvalue weighted by atomic mass is 10.0. The Bertz CT molecular complexity index is 403. The highest BCUT2D eigenvalue weighted by molar-refractivity contribution is 5.80. The topological polar surface area (TPSA) is 40.9 Å². The highest BCUT2D eigenvalue weighted by Crippen LogP contribution is 2.32. The Morgan fingerprint density at radius 1 is 1.36 bits per heavy atom. The summed E-state index contributed by atoms with van der Waals surface area (Å²) < 4.78 is 36.9. The highest BCUT2D eigenvalue weighted by Gasteiger charge is 2.34. The van der Waals surface area contributed by atoms with Crippen molar-refractivity contribution in [3.63, 3.8) is 0 Å². The van der Waals surface area contributed by atoms with Crippen molar-refractivity contribution in [1.29, 1.82) is 5.26 Å². The molecule has 0 atom stereocenters. The van der Waals surface area contributed by atoms with Gasteiger partial charge in [-0.3, -0.25) is 4.79 Å². The second kappa shape index (κ2) is 3.50. The zero-order valence-electron chi connectivity index (χ0n) is 6.80. The average Bonchev–Trinajstić information content (AvgIpc) is 2.15. The Morgan fingerprint density at radius 2 is 2.00 bits per heavy atom. The van der Waals surface area contributed by atoms with Gasteiger partial charge in [0.15, 0.2) is 6.29 Å². The number of benzene rings is 1. The molecule has 0 saturated heterocycles. The van der Waals surface area contributed by atoms with Gasteiger partial charge in [0.2, 0.25) is 0 Å². The van der Waals surface area contributed by atoms with Gasteiger partial charge in [0.25, 0.3) is 0 Å². The van der Waals surface area contributed by atoms with Crippen LogP contribution in [0.2, 0.25) is 0 Å². The van der Waals surface area contributed by atoms with Gasteiger partial charge in [0.1, 0.15) is 6.07 Å². The molecule has 0 amide bonds. The summed E-state index contributed by atoms with van der Waals surface area (Å²) in [7, 11) is 0. The third-order valence-electron chi connectivity index (χ3n) is 1.64. The number of aldehydes is 1. The van der Waals surface area contributed by atoms with Crippen LogP contribution in [-0.4, -0.2) is 6.29 Å².